The molecule has 164 valence electrons. The molecular formula is C26H26N2O4. The molecule has 0 fully saturated rings. The van der Waals surface area contributed by atoms with Gasteiger partial charge in [-0.15, -0.1) is 0 Å². The Hall–Kier alpha value is -3.80. The molecule has 0 bridgehead atoms. The highest BCUT2D eigenvalue weighted by Gasteiger charge is 2.15. The first kappa shape index (κ1) is 21.4. The van der Waals surface area contributed by atoms with E-state index in [9.17, 15) is 9.90 Å². The smallest absolute Gasteiger partial charge is 0.255 e. The van der Waals surface area contributed by atoms with Crippen molar-refractivity contribution in [2.24, 2.45) is 0 Å². The maximum atomic E-state index is 12.7. The number of fused-ring (bicyclic) bond motifs is 1. The summed E-state index contributed by atoms with van der Waals surface area (Å²) in [7, 11) is 0. The number of benzene rings is 3. The second-order valence-electron chi connectivity index (χ2n) is 7.84. The van der Waals surface area contributed by atoms with Crippen LogP contribution in [-0.4, -0.2) is 22.6 Å². The lowest BCUT2D eigenvalue weighted by Gasteiger charge is -2.09. The van der Waals surface area contributed by atoms with E-state index >= 15 is 0 Å². The molecule has 32 heavy (non-hydrogen) atoms. The summed E-state index contributed by atoms with van der Waals surface area (Å²) in [5.74, 6) is 0.803. The fourth-order valence-corrected chi connectivity index (χ4v) is 3.32. The number of oxazole rings is 1. The Morgan fingerprint density at radius 3 is 2.56 bits per heavy atom. The molecule has 0 radical (unpaired) electrons. The first-order valence-electron chi connectivity index (χ1n) is 10.7. The summed E-state index contributed by atoms with van der Waals surface area (Å²) in [6, 6.07) is 15.7. The van der Waals surface area contributed by atoms with E-state index in [0.29, 0.717) is 34.9 Å². The second kappa shape index (κ2) is 9.14. The lowest BCUT2D eigenvalue weighted by Crippen LogP contribution is -2.11. The standard InChI is InChI=1S/C26H26N2O4/c1-4-5-12-31-20-9-6-18(7-10-20)25(30)27-19-8-11-23(29)21(15-19)26-28-22-13-16(2)17(3)14-24(22)32-26/h6-11,13-15,29H,4-5,12H2,1-3H3,(H,27,30). The fraction of sp³-hybridized carbons (Fsp3) is 0.231. The molecule has 1 heterocycles. The van der Waals surface area contributed by atoms with Crippen molar-refractivity contribution in [3.8, 4) is 23.0 Å². The first-order valence-corrected chi connectivity index (χ1v) is 10.7. The largest absolute Gasteiger partial charge is 0.507 e. The van der Waals surface area contributed by atoms with E-state index < -0.39 is 0 Å². The molecule has 3 aromatic carbocycles. The number of unbranched alkanes of at least 4 members (excludes halogenated alkanes) is 1. The number of anilines is 1. The Balaban J connectivity index is 1.53. The zero-order chi connectivity index (χ0) is 22.7. The minimum atomic E-state index is -0.259. The van der Waals surface area contributed by atoms with Crippen molar-refractivity contribution in [1.82, 2.24) is 4.98 Å². The molecule has 0 unspecified atom stereocenters. The van der Waals surface area contributed by atoms with Crippen molar-refractivity contribution in [2.45, 2.75) is 33.6 Å². The molecule has 0 saturated carbocycles. The summed E-state index contributed by atoms with van der Waals surface area (Å²) in [5, 5.41) is 13.2. The predicted molar refractivity (Wildman–Crippen MR) is 125 cm³/mol. The Labute approximate surface area is 186 Å². The number of rotatable bonds is 7. The summed E-state index contributed by atoms with van der Waals surface area (Å²) < 4.78 is 11.5. The Kier molecular flexibility index (Phi) is 6.12. The van der Waals surface area contributed by atoms with Gasteiger partial charge in [0.1, 0.15) is 17.0 Å². The lowest BCUT2D eigenvalue weighted by atomic mass is 10.1. The molecule has 1 amide bonds. The van der Waals surface area contributed by atoms with Gasteiger partial charge in [0.05, 0.1) is 12.2 Å². The molecule has 0 atom stereocenters. The third-order valence-electron chi connectivity index (χ3n) is 5.37. The summed E-state index contributed by atoms with van der Waals surface area (Å²) in [6.45, 7) is 6.79. The number of aromatic nitrogens is 1. The van der Waals surface area contributed by atoms with Crippen LogP contribution >= 0.6 is 0 Å². The molecule has 2 N–H and O–H groups in total. The average Bonchev–Trinajstić information content (AvgIpc) is 3.18. The van der Waals surface area contributed by atoms with Crippen LogP contribution in [0.3, 0.4) is 0 Å². The predicted octanol–water partition coefficient (Wildman–Crippen LogP) is 6.25. The number of phenolic OH excluding ortho intramolecular Hbond substituents is 1. The monoisotopic (exact) mass is 430 g/mol. The average molecular weight is 431 g/mol. The van der Waals surface area contributed by atoms with Crippen LogP contribution in [0, 0.1) is 13.8 Å². The van der Waals surface area contributed by atoms with Crippen molar-refractivity contribution in [1.29, 1.82) is 0 Å². The third kappa shape index (κ3) is 4.59. The molecule has 1 aromatic heterocycles. The minimum absolute atomic E-state index is 0.0246. The topological polar surface area (TPSA) is 84.6 Å². The van der Waals surface area contributed by atoms with Crippen LogP contribution in [0.1, 0.15) is 41.3 Å². The van der Waals surface area contributed by atoms with Gasteiger partial charge in [-0.3, -0.25) is 4.79 Å². The Morgan fingerprint density at radius 1 is 1.06 bits per heavy atom. The van der Waals surface area contributed by atoms with Gasteiger partial charge in [-0.1, -0.05) is 13.3 Å². The van der Waals surface area contributed by atoms with E-state index in [1.165, 1.54) is 6.07 Å². The van der Waals surface area contributed by atoms with Gasteiger partial charge in [-0.05, 0) is 86.0 Å². The normalized spacial score (nSPS) is 11.0. The highest BCUT2D eigenvalue weighted by molar-refractivity contribution is 6.04. The van der Waals surface area contributed by atoms with Gasteiger partial charge < -0.3 is 19.6 Å². The number of ether oxygens (including phenoxy) is 1. The summed E-state index contributed by atoms with van der Waals surface area (Å²) in [6.07, 6.45) is 2.06. The van der Waals surface area contributed by atoms with Gasteiger partial charge >= 0.3 is 0 Å². The van der Waals surface area contributed by atoms with E-state index in [-0.39, 0.29) is 11.7 Å². The van der Waals surface area contributed by atoms with Crippen LogP contribution in [0.4, 0.5) is 5.69 Å². The van der Waals surface area contributed by atoms with Gasteiger partial charge in [0.2, 0.25) is 5.89 Å². The highest BCUT2D eigenvalue weighted by atomic mass is 16.5. The van der Waals surface area contributed by atoms with Crippen LogP contribution in [0.2, 0.25) is 0 Å². The summed E-state index contributed by atoms with van der Waals surface area (Å²) in [4.78, 5) is 17.2. The van der Waals surface area contributed by atoms with E-state index in [4.69, 9.17) is 9.15 Å². The fourth-order valence-electron chi connectivity index (χ4n) is 3.32. The molecule has 0 spiro atoms. The van der Waals surface area contributed by atoms with Gasteiger partial charge in [-0.25, -0.2) is 4.98 Å². The number of hydrogen-bond donors (Lipinski definition) is 2. The Morgan fingerprint density at radius 2 is 1.81 bits per heavy atom. The number of phenols is 1. The first-order chi connectivity index (χ1) is 15.4. The third-order valence-corrected chi connectivity index (χ3v) is 5.37. The van der Waals surface area contributed by atoms with E-state index in [1.807, 2.05) is 26.0 Å². The van der Waals surface area contributed by atoms with Crippen LogP contribution in [0.5, 0.6) is 11.5 Å². The van der Waals surface area contributed by atoms with E-state index in [0.717, 1.165) is 35.2 Å². The van der Waals surface area contributed by atoms with Crippen LogP contribution in [0.25, 0.3) is 22.6 Å². The van der Waals surface area contributed by atoms with Gasteiger partial charge in [0.15, 0.2) is 5.58 Å². The number of nitrogens with zero attached hydrogens (tertiary/aromatic N) is 1. The molecule has 4 rings (SSSR count). The molecule has 0 aliphatic heterocycles. The van der Waals surface area contributed by atoms with Crippen molar-refractivity contribution in [3.63, 3.8) is 0 Å². The molecular weight excluding hydrogens is 404 g/mol. The van der Waals surface area contributed by atoms with Crippen molar-refractivity contribution in [2.75, 3.05) is 11.9 Å². The molecule has 0 saturated heterocycles. The van der Waals surface area contributed by atoms with Crippen molar-refractivity contribution in [3.05, 3.63) is 71.3 Å². The zero-order valence-electron chi connectivity index (χ0n) is 18.4. The zero-order valence-corrected chi connectivity index (χ0v) is 18.4. The molecule has 0 aliphatic carbocycles. The number of amides is 1. The minimum Gasteiger partial charge on any atom is -0.507 e. The van der Waals surface area contributed by atoms with E-state index in [2.05, 4.69) is 17.2 Å². The Bertz CT molecular complexity index is 1220. The number of aryl methyl sites for hydroxylation is 2. The second-order valence-corrected chi connectivity index (χ2v) is 7.84. The number of carbonyl (C=O) groups excluding carboxylic acids is 1. The maximum Gasteiger partial charge on any atom is 0.255 e. The SMILES string of the molecule is CCCCOc1ccc(C(=O)Nc2ccc(O)c(-c3nc4cc(C)c(C)cc4o3)c2)cc1. The summed E-state index contributed by atoms with van der Waals surface area (Å²) >= 11 is 0. The maximum absolute atomic E-state index is 12.7. The lowest BCUT2D eigenvalue weighted by molar-refractivity contribution is 0.102. The van der Waals surface area contributed by atoms with Gasteiger partial charge in [0.25, 0.3) is 5.91 Å². The van der Waals surface area contributed by atoms with Crippen LogP contribution in [0.15, 0.2) is 59.0 Å². The van der Waals surface area contributed by atoms with E-state index in [1.54, 1.807) is 36.4 Å². The van der Waals surface area contributed by atoms with Gasteiger partial charge in [-0.2, -0.15) is 0 Å². The van der Waals surface area contributed by atoms with Crippen LogP contribution < -0.4 is 10.1 Å². The van der Waals surface area contributed by atoms with Crippen molar-refractivity contribution < 1.29 is 19.1 Å². The highest BCUT2D eigenvalue weighted by Crippen LogP contribution is 2.34. The van der Waals surface area contributed by atoms with Gasteiger partial charge in [0, 0.05) is 11.3 Å². The number of aromatic hydroxyl groups is 1. The number of carbonyl (C=O) groups is 1. The van der Waals surface area contributed by atoms with Crippen LogP contribution in [-0.2, 0) is 0 Å². The number of nitrogens with one attached hydrogen (secondary N) is 1. The molecule has 4 aromatic rings. The number of hydrogen-bond acceptors (Lipinski definition) is 5. The molecule has 6 nitrogen and oxygen atoms in total. The molecule has 6 heteroatoms. The quantitative estimate of drug-likeness (QED) is 0.267. The molecule has 0 aliphatic rings. The summed E-state index contributed by atoms with van der Waals surface area (Å²) in [5.41, 5.74) is 5.04. The van der Waals surface area contributed by atoms with Crippen molar-refractivity contribution >= 4 is 22.7 Å².